The largest absolute Gasteiger partial charge is 0.394 e. The van der Waals surface area contributed by atoms with Crippen LogP contribution in [0.3, 0.4) is 0 Å². The molecule has 0 fully saturated rings. The quantitative estimate of drug-likeness (QED) is 0.0748. The third-order valence-corrected chi connectivity index (χ3v) is 7.62. The second-order valence-electron chi connectivity index (χ2n) is 11.9. The first kappa shape index (κ1) is 35.8. The Kier molecular flexibility index (Phi) is 23.7. The van der Waals surface area contributed by atoms with Gasteiger partial charge in [0.1, 0.15) is 31.0 Å². The van der Waals surface area contributed by atoms with Crippen molar-refractivity contribution in [1.82, 2.24) is 0 Å². The molecule has 0 heterocycles. The Balaban J connectivity index is 3.49. The highest BCUT2D eigenvalue weighted by Crippen LogP contribution is 2.16. The van der Waals surface area contributed by atoms with Crippen molar-refractivity contribution in [2.45, 2.75) is 160 Å². The molecule has 0 aliphatic carbocycles. The molecule has 6 heteroatoms. The zero-order valence-corrected chi connectivity index (χ0v) is 24.3. The van der Waals surface area contributed by atoms with Gasteiger partial charge in [0.25, 0.3) is 0 Å². The molecule has 0 aromatic rings. The highest BCUT2D eigenvalue weighted by molar-refractivity contribution is 4.80. The smallest absolute Gasteiger partial charge is 0.131 e. The maximum atomic E-state index is 10.2. The lowest BCUT2D eigenvalue weighted by molar-refractivity contribution is -0.894. The molecule has 0 aliphatic heterocycles. The predicted molar refractivity (Wildman–Crippen MR) is 151 cm³/mol. The third-order valence-electron chi connectivity index (χ3n) is 7.62. The predicted octanol–water partition coefficient (Wildman–Crippen LogP) is 5.32. The van der Waals surface area contributed by atoms with Crippen LogP contribution in [0.25, 0.3) is 0 Å². The molecular weight excluding hydrogens is 454 g/mol. The van der Waals surface area contributed by atoms with Crippen molar-refractivity contribution in [3.05, 3.63) is 0 Å². The average molecular weight is 519 g/mol. The van der Waals surface area contributed by atoms with Crippen LogP contribution in [0.2, 0.25) is 0 Å². The second kappa shape index (κ2) is 23.8. The Bertz CT molecular complexity index is 463. The lowest BCUT2D eigenvalue weighted by Crippen LogP contribution is -2.54. The van der Waals surface area contributed by atoms with E-state index < -0.39 is 31.0 Å². The summed E-state index contributed by atoms with van der Waals surface area (Å²) in [7, 11) is 4.00. The molecule has 0 radical (unpaired) electrons. The summed E-state index contributed by atoms with van der Waals surface area (Å²) in [4.78, 5) is 0. The molecule has 0 unspecified atom stereocenters. The van der Waals surface area contributed by atoms with Crippen LogP contribution in [-0.2, 0) is 0 Å². The van der Waals surface area contributed by atoms with Crippen molar-refractivity contribution >= 4 is 0 Å². The van der Waals surface area contributed by atoms with Crippen molar-refractivity contribution < 1.29 is 30.0 Å². The van der Waals surface area contributed by atoms with Gasteiger partial charge in [-0.15, -0.1) is 0 Å². The standard InChI is InChI=1S/C30H64NO5/c1-4-5-6-7-8-9-10-11-12-13-14-15-16-17-18-19-20-21-22-23-24-31(2,3)25-27(33)29(35)30(36)28(34)26-32/h27-30,32-36H,4-26H2,1-3H3/q+1/t27-,28-,29-,30-/m0/s1. The van der Waals surface area contributed by atoms with E-state index in [9.17, 15) is 20.4 Å². The van der Waals surface area contributed by atoms with Crippen molar-refractivity contribution in [3.63, 3.8) is 0 Å². The summed E-state index contributed by atoms with van der Waals surface area (Å²) in [5, 5.41) is 48.3. The van der Waals surface area contributed by atoms with Gasteiger partial charge in [0.05, 0.1) is 27.2 Å². The van der Waals surface area contributed by atoms with E-state index in [-0.39, 0.29) is 6.54 Å². The summed E-state index contributed by atoms with van der Waals surface area (Å²) < 4.78 is 0.541. The highest BCUT2D eigenvalue weighted by atomic mass is 16.4. The summed E-state index contributed by atoms with van der Waals surface area (Å²) in [5.74, 6) is 0. The molecule has 0 bridgehead atoms. The molecule has 4 atom stereocenters. The first-order chi connectivity index (χ1) is 17.2. The van der Waals surface area contributed by atoms with Crippen LogP contribution in [0.5, 0.6) is 0 Å². The average Bonchev–Trinajstić information content (AvgIpc) is 2.85. The zero-order chi connectivity index (χ0) is 27.1. The Morgan fingerprint density at radius 2 is 0.778 bits per heavy atom. The number of aliphatic hydroxyl groups is 5. The van der Waals surface area contributed by atoms with Gasteiger partial charge in [0.2, 0.25) is 0 Å². The number of hydrogen-bond acceptors (Lipinski definition) is 5. The topological polar surface area (TPSA) is 101 Å². The zero-order valence-electron chi connectivity index (χ0n) is 24.3. The van der Waals surface area contributed by atoms with Gasteiger partial charge in [-0.25, -0.2) is 0 Å². The van der Waals surface area contributed by atoms with Crippen molar-refractivity contribution in [2.24, 2.45) is 0 Å². The molecular formula is C30H64NO5+. The fraction of sp³-hybridized carbons (Fsp3) is 1.00. The molecule has 36 heavy (non-hydrogen) atoms. The lowest BCUT2D eigenvalue weighted by Gasteiger charge is -2.34. The van der Waals surface area contributed by atoms with Crippen LogP contribution in [0.15, 0.2) is 0 Å². The van der Waals surface area contributed by atoms with Gasteiger partial charge in [-0.3, -0.25) is 0 Å². The summed E-state index contributed by atoms with van der Waals surface area (Å²) >= 11 is 0. The molecule has 5 N–H and O–H groups in total. The Morgan fingerprint density at radius 3 is 1.11 bits per heavy atom. The summed E-state index contributed by atoms with van der Waals surface area (Å²) in [6.07, 6.45) is 21.6. The van der Waals surface area contributed by atoms with Gasteiger partial charge in [-0.1, -0.05) is 122 Å². The molecule has 0 aromatic carbocycles. The highest BCUT2D eigenvalue weighted by Gasteiger charge is 2.33. The van der Waals surface area contributed by atoms with Crippen molar-refractivity contribution in [2.75, 3.05) is 33.8 Å². The van der Waals surface area contributed by atoms with Gasteiger partial charge in [-0.05, 0) is 12.8 Å². The van der Waals surface area contributed by atoms with E-state index in [0.29, 0.717) is 4.48 Å². The van der Waals surface area contributed by atoms with Crippen molar-refractivity contribution in [1.29, 1.82) is 0 Å². The Morgan fingerprint density at radius 1 is 0.472 bits per heavy atom. The number of unbranched alkanes of at least 4 members (excludes halogenated alkanes) is 19. The summed E-state index contributed by atoms with van der Waals surface area (Å²) in [6.45, 7) is 2.81. The van der Waals surface area contributed by atoms with Gasteiger partial charge in [0.15, 0.2) is 0 Å². The van der Waals surface area contributed by atoms with Gasteiger partial charge in [0, 0.05) is 0 Å². The molecule has 6 nitrogen and oxygen atoms in total. The maximum absolute atomic E-state index is 10.2. The van der Waals surface area contributed by atoms with E-state index in [1.54, 1.807) is 0 Å². The van der Waals surface area contributed by atoms with Crippen LogP contribution in [-0.4, -0.2) is 88.2 Å². The number of nitrogens with zero attached hydrogens (tertiary/aromatic N) is 1. The van der Waals surface area contributed by atoms with E-state index in [4.69, 9.17) is 5.11 Å². The molecule has 0 aliphatic rings. The first-order valence-corrected chi connectivity index (χ1v) is 15.4. The minimum atomic E-state index is -1.55. The van der Waals surface area contributed by atoms with Crippen LogP contribution < -0.4 is 0 Å². The van der Waals surface area contributed by atoms with E-state index in [2.05, 4.69) is 6.92 Å². The maximum Gasteiger partial charge on any atom is 0.131 e. The molecule has 218 valence electrons. The SMILES string of the molecule is CCCCCCCCCCCCCCCCCCCCCC[N+](C)(C)C[C@H](O)[C@H](O)[C@@H](O)[C@@H](O)CO. The van der Waals surface area contributed by atoms with E-state index in [1.165, 1.54) is 122 Å². The molecule has 0 spiro atoms. The number of aliphatic hydroxyl groups excluding tert-OH is 5. The van der Waals surface area contributed by atoms with Crippen LogP contribution in [0.1, 0.15) is 135 Å². The molecule has 0 aromatic heterocycles. The van der Waals surface area contributed by atoms with Crippen LogP contribution >= 0.6 is 0 Å². The van der Waals surface area contributed by atoms with Crippen LogP contribution in [0.4, 0.5) is 0 Å². The van der Waals surface area contributed by atoms with Gasteiger partial charge in [-0.2, -0.15) is 0 Å². The number of likely N-dealkylation sites (N-methyl/N-ethyl adjacent to an activating group) is 1. The number of rotatable bonds is 27. The van der Waals surface area contributed by atoms with E-state index in [0.717, 1.165) is 13.0 Å². The fourth-order valence-corrected chi connectivity index (χ4v) is 5.06. The first-order valence-electron chi connectivity index (χ1n) is 15.4. The van der Waals surface area contributed by atoms with E-state index >= 15 is 0 Å². The van der Waals surface area contributed by atoms with Crippen LogP contribution in [0, 0.1) is 0 Å². The number of hydrogen-bond donors (Lipinski definition) is 5. The van der Waals surface area contributed by atoms with Gasteiger partial charge < -0.3 is 30.0 Å². The normalized spacial score (nSPS) is 15.7. The minimum absolute atomic E-state index is 0.287. The van der Waals surface area contributed by atoms with Crippen molar-refractivity contribution in [3.8, 4) is 0 Å². The Labute approximate surface area is 223 Å². The molecule has 0 amide bonds. The monoisotopic (exact) mass is 518 g/mol. The van der Waals surface area contributed by atoms with Gasteiger partial charge >= 0.3 is 0 Å². The molecule has 0 saturated carbocycles. The minimum Gasteiger partial charge on any atom is -0.394 e. The summed E-state index contributed by atoms with van der Waals surface area (Å²) in [5.41, 5.74) is 0. The number of quaternary nitrogens is 1. The summed E-state index contributed by atoms with van der Waals surface area (Å²) in [6, 6.07) is 0. The second-order valence-corrected chi connectivity index (χ2v) is 11.9. The lowest BCUT2D eigenvalue weighted by atomic mass is 10.0. The fourth-order valence-electron chi connectivity index (χ4n) is 5.06. The van der Waals surface area contributed by atoms with E-state index in [1.807, 2.05) is 14.1 Å². The Hall–Kier alpha value is -0.240. The molecule has 0 saturated heterocycles. The molecule has 0 rings (SSSR count). The third kappa shape index (κ3) is 20.8.